The topological polar surface area (TPSA) is 69.6 Å². The minimum Gasteiger partial charge on any atom is -0.353 e. The second-order valence-electron chi connectivity index (χ2n) is 6.14. The zero-order valence-corrected chi connectivity index (χ0v) is 15.1. The van der Waals surface area contributed by atoms with Crippen molar-refractivity contribution in [2.45, 2.75) is 13.8 Å². The summed E-state index contributed by atoms with van der Waals surface area (Å²) in [5.41, 5.74) is 1.21. The van der Waals surface area contributed by atoms with Crippen molar-refractivity contribution in [2.75, 3.05) is 42.5 Å². The molecule has 0 atom stereocenters. The molecule has 0 radical (unpaired) electrons. The minimum absolute atomic E-state index is 0.0876. The first kappa shape index (κ1) is 17.8. The van der Waals surface area contributed by atoms with Crippen molar-refractivity contribution in [1.29, 1.82) is 0 Å². The molecule has 0 aliphatic carbocycles. The van der Waals surface area contributed by atoms with E-state index in [9.17, 15) is 9.59 Å². The summed E-state index contributed by atoms with van der Waals surface area (Å²) < 4.78 is 0. The smallest absolute Gasteiger partial charge is 0.277 e. The Bertz CT molecular complexity index is 773. The lowest BCUT2D eigenvalue weighted by Crippen LogP contribution is -2.48. The molecule has 26 heavy (non-hydrogen) atoms. The van der Waals surface area contributed by atoms with Gasteiger partial charge in [-0.15, -0.1) is 0 Å². The highest BCUT2D eigenvalue weighted by atomic mass is 16.2. The number of hydrogen-bond donors (Lipinski definition) is 0. The van der Waals surface area contributed by atoms with Crippen molar-refractivity contribution in [2.24, 2.45) is 0 Å². The predicted molar refractivity (Wildman–Crippen MR) is 100 cm³/mol. The Kier molecular flexibility index (Phi) is 5.46. The van der Waals surface area contributed by atoms with Gasteiger partial charge in [-0.3, -0.25) is 9.59 Å². The lowest BCUT2D eigenvalue weighted by molar-refractivity contribution is -0.129. The molecule has 3 rings (SSSR count). The molecule has 7 heteroatoms. The normalized spacial score (nSPS) is 14.2. The van der Waals surface area contributed by atoms with Crippen molar-refractivity contribution in [3.63, 3.8) is 0 Å². The highest BCUT2D eigenvalue weighted by molar-refractivity contribution is 6.05. The molecular formula is C19H23N5O2. The summed E-state index contributed by atoms with van der Waals surface area (Å²) >= 11 is 0. The molecule has 0 spiro atoms. The van der Waals surface area contributed by atoms with Crippen LogP contribution in [0.5, 0.6) is 0 Å². The van der Waals surface area contributed by atoms with Gasteiger partial charge in [0.05, 0.1) is 0 Å². The SMILES string of the molecule is CCN(C(=O)c1cc(N2CCN(C(C)=O)CC2)ncn1)c1ccccc1. The zero-order valence-electron chi connectivity index (χ0n) is 15.1. The van der Waals surface area contributed by atoms with E-state index < -0.39 is 0 Å². The van der Waals surface area contributed by atoms with Gasteiger partial charge < -0.3 is 14.7 Å². The number of rotatable bonds is 4. The van der Waals surface area contributed by atoms with E-state index in [1.165, 1.54) is 6.33 Å². The third-order valence-corrected chi connectivity index (χ3v) is 4.55. The maximum absolute atomic E-state index is 12.9. The van der Waals surface area contributed by atoms with E-state index >= 15 is 0 Å². The van der Waals surface area contributed by atoms with Gasteiger partial charge in [0.2, 0.25) is 5.91 Å². The fourth-order valence-corrected chi connectivity index (χ4v) is 3.08. The molecule has 1 saturated heterocycles. The Morgan fingerprint density at radius 1 is 1.08 bits per heavy atom. The van der Waals surface area contributed by atoms with Gasteiger partial charge >= 0.3 is 0 Å². The van der Waals surface area contributed by atoms with E-state index in [1.54, 1.807) is 17.9 Å². The lowest BCUT2D eigenvalue weighted by Gasteiger charge is -2.34. The van der Waals surface area contributed by atoms with Crippen LogP contribution in [0.4, 0.5) is 11.5 Å². The van der Waals surface area contributed by atoms with Crippen molar-refractivity contribution in [3.8, 4) is 0 Å². The molecule has 0 bridgehead atoms. The number of carbonyl (C=O) groups excluding carboxylic acids is 2. The maximum atomic E-state index is 12.9. The second kappa shape index (κ2) is 7.95. The number of hydrogen-bond acceptors (Lipinski definition) is 5. The molecule has 1 aromatic carbocycles. The number of anilines is 2. The van der Waals surface area contributed by atoms with Crippen LogP contribution >= 0.6 is 0 Å². The van der Waals surface area contributed by atoms with Gasteiger partial charge in [-0.1, -0.05) is 18.2 Å². The molecule has 0 N–H and O–H groups in total. The Hall–Kier alpha value is -2.96. The Labute approximate surface area is 153 Å². The quantitative estimate of drug-likeness (QED) is 0.838. The van der Waals surface area contributed by atoms with Crippen LogP contribution in [0, 0.1) is 0 Å². The van der Waals surface area contributed by atoms with Gasteiger partial charge in [0, 0.05) is 51.4 Å². The summed E-state index contributed by atoms with van der Waals surface area (Å²) in [6.45, 7) is 6.79. The van der Waals surface area contributed by atoms with Crippen LogP contribution in [0.1, 0.15) is 24.3 Å². The molecule has 0 saturated carbocycles. The largest absolute Gasteiger partial charge is 0.353 e. The molecule has 2 aromatic rings. The predicted octanol–water partition coefficient (Wildman–Crippen LogP) is 1.81. The summed E-state index contributed by atoms with van der Waals surface area (Å²) in [6.07, 6.45) is 1.43. The molecule has 1 aliphatic heterocycles. The fraction of sp³-hybridized carbons (Fsp3) is 0.368. The molecule has 136 valence electrons. The highest BCUT2D eigenvalue weighted by Gasteiger charge is 2.22. The molecule has 0 unspecified atom stereocenters. The Morgan fingerprint density at radius 2 is 1.77 bits per heavy atom. The highest BCUT2D eigenvalue weighted by Crippen LogP contribution is 2.18. The molecule has 1 aliphatic rings. The van der Waals surface area contributed by atoms with Crippen molar-refractivity contribution >= 4 is 23.3 Å². The first-order valence-electron chi connectivity index (χ1n) is 8.79. The summed E-state index contributed by atoms with van der Waals surface area (Å²) in [5.74, 6) is 0.657. The van der Waals surface area contributed by atoms with Gasteiger partial charge in [-0.2, -0.15) is 0 Å². The number of piperazine rings is 1. The monoisotopic (exact) mass is 353 g/mol. The van der Waals surface area contributed by atoms with Gasteiger partial charge in [0.1, 0.15) is 17.8 Å². The first-order valence-corrected chi connectivity index (χ1v) is 8.79. The standard InChI is InChI=1S/C19H23N5O2/c1-3-24(16-7-5-4-6-8-16)19(26)17-13-18(21-14-20-17)23-11-9-22(10-12-23)15(2)25/h4-8,13-14H,3,9-12H2,1-2H3. The third kappa shape index (κ3) is 3.82. The Morgan fingerprint density at radius 3 is 2.38 bits per heavy atom. The van der Waals surface area contributed by atoms with Crippen LogP contribution in [-0.4, -0.2) is 59.4 Å². The second-order valence-corrected chi connectivity index (χ2v) is 6.14. The van der Waals surface area contributed by atoms with Gasteiger partial charge in [0.25, 0.3) is 5.91 Å². The first-order chi connectivity index (χ1) is 12.6. The third-order valence-electron chi connectivity index (χ3n) is 4.55. The van der Waals surface area contributed by atoms with E-state index in [2.05, 4.69) is 14.9 Å². The molecule has 1 aromatic heterocycles. The Balaban J connectivity index is 1.77. The average Bonchev–Trinajstić information content (AvgIpc) is 2.69. The molecule has 7 nitrogen and oxygen atoms in total. The van der Waals surface area contributed by atoms with E-state index in [0.29, 0.717) is 38.4 Å². The van der Waals surface area contributed by atoms with E-state index in [1.807, 2.05) is 42.2 Å². The van der Waals surface area contributed by atoms with Crippen LogP contribution in [0.2, 0.25) is 0 Å². The molecule has 2 amide bonds. The zero-order chi connectivity index (χ0) is 18.5. The summed E-state index contributed by atoms with van der Waals surface area (Å²) in [6, 6.07) is 11.3. The van der Waals surface area contributed by atoms with E-state index in [4.69, 9.17) is 0 Å². The number of aromatic nitrogens is 2. The average molecular weight is 353 g/mol. The van der Waals surface area contributed by atoms with Crippen LogP contribution in [0.15, 0.2) is 42.7 Å². The number of benzene rings is 1. The summed E-state index contributed by atoms with van der Waals surface area (Å²) in [5, 5.41) is 0. The summed E-state index contributed by atoms with van der Waals surface area (Å²) in [4.78, 5) is 38.5. The summed E-state index contributed by atoms with van der Waals surface area (Å²) in [7, 11) is 0. The minimum atomic E-state index is -0.148. The van der Waals surface area contributed by atoms with Crippen molar-refractivity contribution in [1.82, 2.24) is 14.9 Å². The maximum Gasteiger partial charge on any atom is 0.277 e. The number of amides is 2. The van der Waals surface area contributed by atoms with Crippen LogP contribution < -0.4 is 9.80 Å². The van der Waals surface area contributed by atoms with E-state index in [-0.39, 0.29) is 11.8 Å². The fourth-order valence-electron chi connectivity index (χ4n) is 3.08. The molecule has 1 fully saturated rings. The van der Waals surface area contributed by atoms with Gasteiger partial charge in [0.15, 0.2) is 0 Å². The number of nitrogens with zero attached hydrogens (tertiary/aromatic N) is 5. The van der Waals surface area contributed by atoms with Gasteiger partial charge in [-0.25, -0.2) is 9.97 Å². The lowest BCUT2D eigenvalue weighted by atomic mass is 10.2. The van der Waals surface area contributed by atoms with Crippen LogP contribution in [0.3, 0.4) is 0 Å². The van der Waals surface area contributed by atoms with Crippen molar-refractivity contribution in [3.05, 3.63) is 48.4 Å². The van der Waals surface area contributed by atoms with Crippen LogP contribution in [0.25, 0.3) is 0 Å². The number of para-hydroxylation sites is 1. The number of carbonyl (C=O) groups is 2. The molecule has 2 heterocycles. The van der Waals surface area contributed by atoms with Crippen LogP contribution in [-0.2, 0) is 4.79 Å². The van der Waals surface area contributed by atoms with Gasteiger partial charge in [-0.05, 0) is 19.1 Å². The molecular weight excluding hydrogens is 330 g/mol. The van der Waals surface area contributed by atoms with Crippen molar-refractivity contribution < 1.29 is 9.59 Å². The van der Waals surface area contributed by atoms with E-state index in [0.717, 1.165) is 11.5 Å².